The van der Waals surface area contributed by atoms with E-state index < -0.39 is 5.97 Å². The maximum Gasteiger partial charge on any atom is 0.304 e. The molecular weight excluding hydrogens is 204 g/mol. The summed E-state index contributed by atoms with van der Waals surface area (Å²) in [6, 6.07) is 6.65. The number of hydrogen-bond acceptors (Lipinski definition) is 2. The number of carbonyl (C=O) groups is 1. The SMILES string of the molecule is CC/C=C/C(CC(=O)O)c1ccc(O)cc1. The summed E-state index contributed by atoms with van der Waals surface area (Å²) < 4.78 is 0. The summed E-state index contributed by atoms with van der Waals surface area (Å²) in [7, 11) is 0. The van der Waals surface area contributed by atoms with Crippen LogP contribution in [-0.2, 0) is 4.79 Å². The molecule has 0 saturated heterocycles. The van der Waals surface area contributed by atoms with Crippen LogP contribution < -0.4 is 0 Å². The summed E-state index contributed by atoms with van der Waals surface area (Å²) in [4.78, 5) is 10.7. The predicted molar refractivity (Wildman–Crippen MR) is 62.5 cm³/mol. The van der Waals surface area contributed by atoms with E-state index in [0.717, 1.165) is 12.0 Å². The van der Waals surface area contributed by atoms with Crippen LogP contribution in [0.2, 0.25) is 0 Å². The number of aromatic hydroxyl groups is 1. The first-order valence-electron chi connectivity index (χ1n) is 5.31. The first-order chi connectivity index (χ1) is 7.63. The monoisotopic (exact) mass is 220 g/mol. The summed E-state index contributed by atoms with van der Waals surface area (Å²) in [5.74, 6) is -0.755. The summed E-state index contributed by atoms with van der Waals surface area (Å²) in [5.41, 5.74) is 0.907. The lowest BCUT2D eigenvalue weighted by Gasteiger charge is -2.10. The molecule has 0 amide bonds. The van der Waals surface area contributed by atoms with E-state index in [1.54, 1.807) is 24.3 Å². The summed E-state index contributed by atoms with van der Waals surface area (Å²) >= 11 is 0. The van der Waals surface area contributed by atoms with Crippen molar-refractivity contribution in [3.8, 4) is 5.75 Å². The zero-order valence-electron chi connectivity index (χ0n) is 9.26. The van der Waals surface area contributed by atoms with Crippen molar-refractivity contribution in [2.75, 3.05) is 0 Å². The Kier molecular flexibility index (Phi) is 4.58. The van der Waals surface area contributed by atoms with Gasteiger partial charge in [0.05, 0.1) is 6.42 Å². The molecule has 0 bridgehead atoms. The van der Waals surface area contributed by atoms with Gasteiger partial charge in [-0.25, -0.2) is 0 Å². The molecule has 2 N–H and O–H groups in total. The fraction of sp³-hybridized carbons (Fsp3) is 0.308. The quantitative estimate of drug-likeness (QED) is 0.750. The van der Waals surface area contributed by atoms with Crippen molar-refractivity contribution in [3.05, 3.63) is 42.0 Å². The Morgan fingerprint density at radius 1 is 1.38 bits per heavy atom. The van der Waals surface area contributed by atoms with Gasteiger partial charge in [0.1, 0.15) is 5.75 Å². The lowest BCUT2D eigenvalue weighted by molar-refractivity contribution is -0.137. The molecule has 0 aromatic heterocycles. The topological polar surface area (TPSA) is 57.5 Å². The van der Waals surface area contributed by atoms with Crippen molar-refractivity contribution in [1.29, 1.82) is 0 Å². The van der Waals surface area contributed by atoms with Crippen LogP contribution in [0.4, 0.5) is 0 Å². The average molecular weight is 220 g/mol. The first kappa shape index (κ1) is 12.3. The predicted octanol–water partition coefficient (Wildman–Crippen LogP) is 2.92. The Hall–Kier alpha value is -1.77. The van der Waals surface area contributed by atoms with E-state index in [4.69, 9.17) is 10.2 Å². The maximum atomic E-state index is 10.7. The number of aliphatic carboxylic acids is 1. The van der Waals surface area contributed by atoms with E-state index in [1.807, 2.05) is 19.1 Å². The zero-order chi connectivity index (χ0) is 12.0. The second-order valence-electron chi connectivity index (χ2n) is 3.63. The summed E-state index contributed by atoms with van der Waals surface area (Å²) in [6.45, 7) is 2.01. The number of carboxylic acids is 1. The van der Waals surface area contributed by atoms with Gasteiger partial charge in [0.2, 0.25) is 0 Å². The minimum atomic E-state index is -0.821. The molecule has 0 aliphatic heterocycles. The summed E-state index contributed by atoms with van der Waals surface area (Å²) in [6.07, 6.45) is 4.82. The lowest BCUT2D eigenvalue weighted by atomic mass is 9.95. The molecule has 16 heavy (non-hydrogen) atoms. The van der Waals surface area contributed by atoms with Gasteiger partial charge in [0.15, 0.2) is 0 Å². The number of phenols is 1. The zero-order valence-corrected chi connectivity index (χ0v) is 9.26. The van der Waals surface area contributed by atoms with Crippen LogP contribution in [-0.4, -0.2) is 16.2 Å². The molecule has 0 fully saturated rings. The van der Waals surface area contributed by atoms with Crippen LogP contribution >= 0.6 is 0 Å². The van der Waals surface area contributed by atoms with Gasteiger partial charge in [-0.3, -0.25) is 4.79 Å². The third-order valence-electron chi connectivity index (χ3n) is 2.32. The molecule has 86 valence electrons. The molecule has 1 aromatic rings. The number of phenolic OH excluding ortho intramolecular Hbond substituents is 1. The van der Waals surface area contributed by atoms with Crippen molar-refractivity contribution in [2.24, 2.45) is 0 Å². The van der Waals surface area contributed by atoms with Crippen LogP contribution in [0, 0.1) is 0 Å². The van der Waals surface area contributed by atoms with Crippen LogP contribution in [0.3, 0.4) is 0 Å². The Labute approximate surface area is 95.0 Å². The standard InChI is InChI=1S/C13H16O3/c1-2-3-4-11(9-13(15)16)10-5-7-12(14)8-6-10/h3-8,11,14H,2,9H2,1H3,(H,15,16)/b4-3+. The molecule has 1 aromatic carbocycles. The van der Waals surface area contributed by atoms with Crippen LogP contribution in [0.5, 0.6) is 5.75 Å². The number of carboxylic acid groups (broad SMARTS) is 1. The van der Waals surface area contributed by atoms with E-state index >= 15 is 0 Å². The number of rotatable bonds is 5. The molecule has 0 radical (unpaired) electrons. The highest BCUT2D eigenvalue weighted by atomic mass is 16.4. The van der Waals surface area contributed by atoms with Crippen LogP contribution in [0.1, 0.15) is 31.2 Å². The van der Waals surface area contributed by atoms with Gasteiger partial charge < -0.3 is 10.2 Å². The van der Waals surface area contributed by atoms with Gasteiger partial charge >= 0.3 is 5.97 Å². The molecule has 1 atom stereocenters. The van der Waals surface area contributed by atoms with Crippen molar-refractivity contribution in [2.45, 2.75) is 25.7 Å². The van der Waals surface area contributed by atoms with Crippen LogP contribution in [0.25, 0.3) is 0 Å². The van der Waals surface area contributed by atoms with E-state index in [2.05, 4.69) is 0 Å². The molecule has 1 unspecified atom stereocenters. The van der Waals surface area contributed by atoms with Crippen LogP contribution in [0.15, 0.2) is 36.4 Å². The first-order valence-corrected chi connectivity index (χ1v) is 5.31. The molecule has 0 heterocycles. The highest BCUT2D eigenvalue weighted by molar-refractivity contribution is 5.68. The van der Waals surface area contributed by atoms with E-state index in [1.165, 1.54) is 0 Å². The Bertz CT molecular complexity index is 365. The van der Waals surface area contributed by atoms with Gasteiger partial charge in [-0.2, -0.15) is 0 Å². The number of benzene rings is 1. The van der Waals surface area contributed by atoms with E-state index in [-0.39, 0.29) is 18.1 Å². The fourth-order valence-electron chi connectivity index (χ4n) is 1.51. The number of allylic oxidation sites excluding steroid dienone is 2. The van der Waals surface area contributed by atoms with E-state index in [0.29, 0.717) is 0 Å². The Morgan fingerprint density at radius 2 is 2.00 bits per heavy atom. The molecule has 0 aliphatic carbocycles. The normalized spacial score (nSPS) is 12.8. The van der Waals surface area contributed by atoms with Gasteiger partial charge in [-0.05, 0) is 24.1 Å². The van der Waals surface area contributed by atoms with Crippen molar-refractivity contribution >= 4 is 5.97 Å². The van der Waals surface area contributed by atoms with Crippen molar-refractivity contribution in [1.82, 2.24) is 0 Å². The molecule has 1 rings (SSSR count). The van der Waals surface area contributed by atoms with Crippen molar-refractivity contribution < 1.29 is 15.0 Å². The van der Waals surface area contributed by atoms with Crippen molar-refractivity contribution in [3.63, 3.8) is 0 Å². The smallest absolute Gasteiger partial charge is 0.304 e. The van der Waals surface area contributed by atoms with Gasteiger partial charge in [-0.1, -0.05) is 31.2 Å². The minimum absolute atomic E-state index is 0.0707. The van der Waals surface area contributed by atoms with Gasteiger partial charge in [-0.15, -0.1) is 0 Å². The molecule has 0 spiro atoms. The van der Waals surface area contributed by atoms with Gasteiger partial charge in [0.25, 0.3) is 0 Å². The fourth-order valence-corrected chi connectivity index (χ4v) is 1.51. The average Bonchev–Trinajstić information content (AvgIpc) is 2.25. The molecule has 3 heteroatoms. The maximum absolute atomic E-state index is 10.7. The van der Waals surface area contributed by atoms with Gasteiger partial charge in [0, 0.05) is 5.92 Å². The third kappa shape index (κ3) is 3.77. The Morgan fingerprint density at radius 3 is 2.50 bits per heavy atom. The highest BCUT2D eigenvalue weighted by Crippen LogP contribution is 2.23. The second-order valence-corrected chi connectivity index (χ2v) is 3.63. The summed E-state index contributed by atoms with van der Waals surface area (Å²) in [5, 5.41) is 18.0. The minimum Gasteiger partial charge on any atom is -0.508 e. The molecule has 0 aliphatic rings. The molecular formula is C13H16O3. The molecule has 0 saturated carbocycles. The van der Waals surface area contributed by atoms with E-state index in [9.17, 15) is 4.79 Å². The molecule has 3 nitrogen and oxygen atoms in total. The largest absolute Gasteiger partial charge is 0.508 e. The Balaban J connectivity index is 2.86. The number of hydrogen-bond donors (Lipinski definition) is 2. The third-order valence-corrected chi connectivity index (χ3v) is 2.32. The highest BCUT2D eigenvalue weighted by Gasteiger charge is 2.12. The lowest BCUT2D eigenvalue weighted by Crippen LogP contribution is -2.03. The second kappa shape index (κ2) is 5.95.